The van der Waals surface area contributed by atoms with Gasteiger partial charge in [-0.05, 0) is 18.2 Å². The van der Waals surface area contributed by atoms with Crippen molar-refractivity contribution in [2.75, 3.05) is 7.11 Å². The molecule has 0 amide bonds. The van der Waals surface area contributed by atoms with E-state index in [2.05, 4.69) is 0 Å². The summed E-state index contributed by atoms with van der Waals surface area (Å²) in [6.45, 7) is 0. The molecule has 104 valence electrons. The molecule has 0 fully saturated rings. The molecule has 2 aromatic carbocycles. The number of rotatable bonds is 4. The lowest BCUT2D eigenvalue weighted by atomic mass is 10.0. The number of ether oxygens (including phenoxy) is 1. The van der Waals surface area contributed by atoms with Crippen molar-refractivity contribution in [1.82, 2.24) is 0 Å². The van der Waals surface area contributed by atoms with Crippen molar-refractivity contribution in [3.63, 3.8) is 0 Å². The SMILES string of the molecule is COc1ccccc1N=C(c1ccccc1)c1ccoc1. The van der Waals surface area contributed by atoms with Crippen LogP contribution >= 0.6 is 0 Å². The van der Waals surface area contributed by atoms with Gasteiger partial charge in [0.05, 0.1) is 25.3 Å². The maximum Gasteiger partial charge on any atom is 0.144 e. The van der Waals surface area contributed by atoms with Gasteiger partial charge in [0.2, 0.25) is 0 Å². The first-order chi connectivity index (χ1) is 10.4. The first-order valence-electron chi connectivity index (χ1n) is 6.68. The van der Waals surface area contributed by atoms with E-state index in [1.807, 2.05) is 60.7 Å². The van der Waals surface area contributed by atoms with Crippen LogP contribution in [-0.2, 0) is 0 Å². The Bertz CT molecular complexity index is 731. The maximum absolute atomic E-state index is 5.37. The smallest absolute Gasteiger partial charge is 0.144 e. The fraction of sp³-hybridized carbons (Fsp3) is 0.0556. The molecule has 3 nitrogen and oxygen atoms in total. The van der Waals surface area contributed by atoms with Gasteiger partial charge in [0.15, 0.2) is 0 Å². The van der Waals surface area contributed by atoms with E-state index in [0.29, 0.717) is 0 Å². The van der Waals surface area contributed by atoms with Gasteiger partial charge in [-0.1, -0.05) is 42.5 Å². The monoisotopic (exact) mass is 277 g/mol. The van der Waals surface area contributed by atoms with Crippen LogP contribution < -0.4 is 4.74 Å². The molecule has 3 rings (SSSR count). The van der Waals surface area contributed by atoms with Crippen molar-refractivity contribution in [3.05, 3.63) is 84.3 Å². The Morgan fingerprint density at radius 2 is 1.67 bits per heavy atom. The zero-order valence-electron chi connectivity index (χ0n) is 11.7. The second kappa shape index (κ2) is 6.09. The average molecular weight is 277 g/mol. The third kappa shape index (κ3) is 2.87. The summed E-state index contributed by atoms with van der Waals surface area (Å²) in [6, 6.07) is 19.6. The summed E-state index contributed by atoms with van der Waals surface area (Å²) in [6.07, 6.45) is 3.34. The Morgan fingerprint density at radius 3 is 2.38 bits per heavy atom. The first-order valence-corrected chi connectivity index (χ1v) is 6.68. The summed E-state index contributed by atoms with van der Waals surface area (Å²) >= 11 is 0. The molecule has 0 aliphatic carbocycles. The second-order valence-corrected chi connectivity index (χ2v) is 4.51. The van der Waals surface area contributed by atoms with Crippen LogP contribution in [0, 0.1) is 0 Å². The highest BCUT2D eigenvalue weighted by molar-refractivity contribution is 6.13. The molecule has 0 N–H and O–H groups in total. The van der Waals surface area contributed by atoms with E-state index >= 15 is 0 Å². The van der Waals surface area contributed by atoms with Gasteiger partial charge in [0.25, 0.3) is 0 Å². The summed E-state index contributed by atoms with van der Waals surface area (Å²) in [7, 11) is 1.65. The molecule has 0 unspecified atom stereocenters. The Balaban J connectivity index is 2.14. The highest BCUT2D eigenvalue weighted by Gasteiger charge is 2.10. The normalized spacial score (nSPS) is 11.4. The lowest BCUT2D eigenvalue weighted by Crippen LogP contribution is -2.01. The van der Waals surface area contributed by atoms with Gasteiger partial charge in [-0.3, -0.25) is 0 Å². The van der Waals surface area contributed by atoms with E-state index in [1.54, 1.807) is 19.6 Å². The molecule has 0 atom stereocenters. The number of benzene rings is 2. The van der Waals surface area contributed by atoms with Crippen molar-refractivity contribution in [2.45, 2.75) is 0 Å². The Hall–Kier alpha value is -2.81. The van der Waals surface area contributed by atoms with Crippen LogP contribution in [0.25, 0.3) is 0 Å². The van der Waals surface area contributed by atoms with Crippen LogP contribution in [-0.4, -0.2) is 12.8 Å². The predicted octanol–water partition coefficient (Wildman–Crippen LogP) is 4.46. The van der Waals surface area contributed by atoms with E-state index < -0.39 is 0 Å². The number of hydrogen-bond acceptors (Lipinski definition) is 3. The maximum atomic E-state index is 5.37. The molecular formula is C18H15NO2. The van der Waals surface area contributed by atoms with E-state index in [-0.39, 0.29) is 0 Å². The molecule has 1 heterocycles. The van der Waals surface area contributed by atoms with Crippen LogP contribution in [0.3, 0.4) is 0 Å². The van der Waals surface area contributed by atoms with E-state index in [4.69, 9.17) is 14.1 Å². The first kappa shape index (κ1) is 13.2. The highest BCUT2D eigenvalue weighted by atomic mass is 16.5. The molecule has 0 saturated carbocycles. The lowest BCUT2D eigenvalue weighted by molar-refractivity contribution is 0.416. The highest BCUT2D eigenvalue weighted by Crippen LogP contribution is 2.28. The Morgan fingerprint density at radius 1 is 0.905 bits per heavy atom. The fourth-order valence-electron chi connectivity index (χ4n) is 2.13. The second-order valence-electron chi connectivity index (χ2n) is 4.51. The quantitative estimate of drug-likeness (QED) is 0.660. The van der Waals surface area contributed by atoms with Crippen LogP contribution in [0.2, 0.25) is 0 Å². The largest absolute Gasteiger partial charge is 0.494 e. The Kier molecular flexibility index (Phi) is 3.83. The summed E-state index contributed by atoms with van der Waals surface area (Å²) in [5.41, 5.74) is 3.62. The molecule has 0 bridgehead atoms. The van der Waals surface area contributed by atoms with Gasteiger partial charge < -0.3 is 9.15 Å². The number of aliphatic imine (C=N–C) groups is 1. The molecule has 3 aromatic rings. The summed E-state index contributed by atoms with van der Waals surface area (Å²) in [4.78, 5) is 4.77. The molecule has 0 saturated heterocycles. The zero-order valence-corrected chi connectivity index (χ0v) is 11.7. The Labute approximate surface area is 123 Å². The fourth-order valence-corrected chi connectivity index (χ4v) is 2.13. The van der Waals surface area contributed by atoms with E-state index in [9.17, 15) is 0 Å². The molecule has 3 heteroatoms. The zero-order chi connectivity index (χ0) is 14.5. The predicted molar refractivity (Wildman–Crippen MR) is 83.4 cm³/mol. The minimum Gasteiger partial charge on any atom is -0.494 e. The van der Waals surface area contributed by atoms with Gasteiger partial charge in [-0.15, -0.1) is 0 Å². The van der Waals surface area contributed by atoms with Crippen LogP contribution in [0.5, 0.6) is 5.75 Å². The summed E-state index contributed by atoms with van der Waals surface area (Å²) in [5, 5.41) is 0. The van der Waals surface area contributed by atoms with Crippen molar-refractivity contribution >= 4 is 11.4 Å². The third-order valence-corrected chi connectivity index (χ3v) is 3.16. The van der Waals surface area contributed by atoms with Crippen molar-refractivity contribution in [2.24, 2.45) is 4.99 Å². The third-order valence-electron chi connectivity index (χ3n) is 3.16. The van der Waals surface area contributed by atoms with Gasteiger partial charge in [-0.25, -0.2) is 4.99 Å². The summed E-state index contributed by atoms with van der Waals surface area (Å²) < 4.78 is 10.6. The number of para-hydroxylation sites is 2. The number of furan rings is 1. The van der Waals surface area contributed by atoms with E-state index in [1.165, 1.54) is 0 Å². The minimum absolute atomic E-state index is 0.745. The molecular weight excluding hydrogens is 262 g/mol. The molecule has 0 aliphatic rings. The molecule has 0 aliphatic heterocycles. The number of hydrogen-bond donors (Lipinski definition) is 0. The average Bonchev–Trinajstić information content (AvgIpc) is 3.08. The molecule has 0 radical (unpaired) electrons. The standard InChI is InChI=1S/C18H15NO2/c1-20-17-10-6-5-9-16(17)19-18(15-11-12-21-13-15)14-7-3-2-4-8-14/h2-13H,1H3. The number of nitrogens with zero attached hydrogens (tertiary/aromatic N) is 1. The van der Waals surface area contributed by atoms with Gasteiger partial charge in [-0.2, -0.15) is 0 Å². The van der Waals surface area contributed by atoms with Crippen LogP contribution in [0.15, 0.2) is 82.6 Å². The topological polar surface area (TPSA) is 34.7 Å². The molecule has 21 heavy (non-hydrogen) atoms. The van der Waals surface area contributed by atoms with Crippen molar-refractivity contribution in [3.8, 4) is 5.75 Å². The van der Waals surface area contributed by atoms with Crippen LogP contribution in [0.1, 0.15) is 11.1 Å². The van der Waals surface area contributed by atoms with Gasteiger partial charge >= 0.3 is 0 Å². The van der Waals surface area contributed by atoms with Crippen LogP contribution in [0.4, 0.5) is 5.69 Å². The van der Waals surface area contributed by atoms with Gasteiger partial charge in [0, 0.05) is 11.1 Å². The van der Waals surface area contributed by atoms with Crippen molar-refractivity contribution in [1.29, 1.82) is 0 Å². The molecule has 0 spiro atoms. The van der Waals surface area contributed by atoms with Crippen molar-refractivity contribution < 1.29 is 9.15 Å². The molecule has 1 aromatic heterocycles. The summed E-state index contributed by atoms with van der Waals surface area (Å²) in [5.74, 6) is 0.745. The van der Waals surface area contributed by atoms with E-state index in [0.717, 1.165) is 28.3 Å². The number of methoxy groups -OCH3 is 1. The van der Waals surface area contributed by atoms with Gasteiger partial charge in [0.1, 0.15) is 11.4 Å². The lowest BCUT2D eigenvalue weighted by Gasteiger charge is -2.08. The minimum atomic E-state index is 0.745.